The van der Waals surface area contributed by atoms with Crippen molar-refractivity contribution in [1.82, 2.24) is 0 Å². The van der Waals surface area contributed by atoms with Gasteiger partial charge in [0.05, 0.1) is 7.11 Å². The van der Waals surface area contributed by atoms with E-state index in [9.17, 15) is 4.79 Å². The van der Waals surface area contributed by atoms with Crippen molar-refractivity contribution in [1.29, 1.82) is 0 Å². The second kappa shape index (κ2) is 5.71. The standard InChI is InChI=1S/C15H18O3/c1-3-4-8-12(15(16)17-2)14-10-11-7-5-6-9-13(11)18-14/h5-7,9-10,12H,3-4,8H2,1-2H3. The molecule has 0 aliphatic carbocycles. The first-order chi connectivity index (χ1) is 8.76. The van der Waals surface area contributed by atoms with Crippen molar-refractivity contribution >= 4 is 16.9 Å². The Hall–Kier alpha value is -1.77. The average Bonchev–Trinajstić information content (AvgIpc) is 2.82. The first-order valence-corrected chi connectivity index (χ1v) is 6.32. The number of fused-ring (bicyclic) bond motifs is 1. The molecule has 2 rings (SSSR count). The van der Waals surface area contributed by atoms with Crippen molar-refractivity contribution in [2.45, 2.75) is 32.1 Å². The van der Waals surface area contributed by atoms with Crippen LogP contribution in [0.4, 0.5) is 0 Å². The molecule has 0 radical (unpaired) electrons. The summed E-state index contributed by atoms with van der Waals surface area (Å²) in [7, 11) is 1.42. The molecule has 0 fully saturated rings. The van der Waals surface area contributed by atoms with Crippen LogP contribution >= 0.6 is 0 Å². The minimum atomic E-state index is -0.289. The SMILES string of the molecule is CCCCC(C(=O)OC)c1cc2ccccc2o1. The maximum Gasteiger partial charge on any atom is 0.316 e. The van der Waals surface area contributed by atoms with E-state index in [4.69, 9.17) is 9.15 Å². The van der Waals surface area contributed by atoms with Gasteiger partial charge in [0.2, 0.25) is 0 Å². The Kier molecular flexibility index (Phi) is 4.03. The smallest absolute Gasteiger partial charge is 0.316 e. The number of para-hydroxylation sites is 1. The van der Waals surface area contributed by atoms with E-state index >= 15 is 0 Å². The number of methoxy groups -OCH3 is 1. The monoisotopic (exact) mass is 246 g/mol. The molecule has 1 aromatic heterocycles. The van der Waals surface area contributed by atoms with Gasteiger partial charge in [0.25, 0.3) is 0 Å². The molecule has 0 saturated carbocycles. The normalized spacial score (nSPS) is 12.6. The summed E-state index contributed by atoms with van der Waals surface area (Å²) in [6, 6.07) is 9.71. The molecule has 0 N–H and O–H groups in total. The molecule has 0 amide bonds. The van der Waals surface area contributed by atoms with Gasteiger partial charge in [0.1, 0.15) is 17.3 Å². The van der Waals surface area contributed by atoms with Crippen LogP contribution in [0.15, 0.2) is 34.7 Å². The Morgan fingerprint density at radius 2 is 2.17 bits per heavy atom. The zero-order chi connectivity index (χ0) is 13.0. The van der Waals surface area contributed by atoms with E-state index in [1.165, 1.54) is 7.11 Å². The van der Waals surface area contributed by atoms with Crippen molar-refractivity contribution < 1.29 is 13.9 Å². The fraction of sp³-hybridized carbons (Fsp3) is 0.400. The summed E-state index contributed by atoms with van der Waals surface area (Å²) >= 11 is 0. The van der Waals surface area contributed by atoms with Crippen LogP contribution in [-0.4, -0.2) is 13.1 Å². The lowest BCUT2D eigenvalue weighted by Gasteiger charge is -2.11. The zero-order valence-electron chi connectivity index (χ0n) is 10.8. The summed E-state index contributed by atoms with van der Waals surface area (Å²) in [4.78, 5) is 11.8. The van der Waals surface area contributed by atoms with E-state index in [0.29, 0.717) is 5.76 Å². The molecule has 96 valence electrons. The molecule has 1 heterocycles. The number of carbonyl (C=O) groups is 1. The third kappa shape index (κ3) is 2.55. The number of furan rings is 1. The molecule has 18 heavy (non-hydrogen) atoms. The lowest BCUT2D eigenvalue weighted by atomic mass is 9.99. The van der Waals surface area contributed by atoms with E-state index < -0.39 is 0 Å². The van der Waals surface area contributed by atoms with E-state index in [1.54, 1.807) is 0 Å². The number of hydrogen-bond donors (Lipinski definition) is 0. The minimum absolute atomic E-state index is 0.220. The lowest BCUT2D eigenvalue weighted by molar-refractivity contribution is -0.143. The van der Waals surface area contributed by atoms with Crippen molar-refractivity contribution in [3.05, 3.63) is 36.1 Å². The van der Waals surface area contributed by atoms with E-state index in [2.05, 4.69) is 6.92 Å². The molecular formula is C15H18O3. The number of unbranched alkanes of at least 4 members (excludes halogenated alkanes) is 1. The van der Waals surface area contributed by atoms with Crippen molar-refractivity contribution in [3.63, 3.8) is 0 Å². The van der Waals surface area contributed by atoms with Crippen LogP contribution in [0.1, 0.15) is 37.9 Å². The van der Waals surface area contributed by atoms with Gasteiger partial charge in [-0.2, -0.15) is 0 Å². The van der Waals surface area contributed by atoms with Crippen molar-refractivity contribution in [3.8, 4) is 0 Å². The van der Waals surface area contributed by atoms with Crippen molar-refractivity contribution in [2.24, 2.45) is 0 Å². The molecule has 0 aliphatic rings. The van der Waals surface area contributed by atoms with Gasteiger partial charge in [-0.15, -0.1) is 0 Å². The van der Waals surface area contributed by atoms with Gasteiger partial charge in [0.15, 0.2) is 0 Å². The maximum absolute atomic E-state index is 11.8. The van der Waals surface area contributed by atoms with E-state index in [-0.39, 0.29) is 11.9 Å². The Labute approximate surface area is 107 Å². The second-order valence-electron chi connectivity index (χ2n) is 4.40. The Morgan fingerprint density at radius 1 is 1.39 bits per heavy atom. The first kappa shape index (κ1) is 12.7. The fourth-order valence-electron chi connectivity index (χ4n) is 2.10. The summed E-state index contributed by atoms with van der Waals surface area (Å²) in [6.07, 6.45) is 2.80. The van der Waals surface area contributed by atoms with Crippen LogP contribution in [0.25, 0.3) is 11.0 Å². The average molecular weight is 246 g/mol. The second-order valence-corrected chi connectivity index (χ2v) is 4.40. The van der Waals surface area contributed by atoms with Gasteiger partial charge in [-0.3, -0.25) is 4.79 Å². The summed E-state index contributed by atoms with van der Waals surface area (Å²) in [5, 5.41) is 1.03. The highest BCUT2D eigenvalue weighted by atomic mass is 16.5. The van der Waals surface area contributed by atoms with Crippen LogP contribution < -0.4 is 0 Å². The summed E-state index contributed by atoms with van der Waals surface area (Å²) in [5.74, 6) is 0.196. The van der Waals surface area contributed by atoms with E-state index in [0.717, 1.165) is 30.2 Å². The molecule has 3 nitrogen and oxygen atoms in total. The third-order valence-corrected chi connectivity index (χ3v) is 3.12. The molecule has 2 aromatic rings. The van der Waals surface area contributed by atoms with Gasteiger partial charge in [0, 0.05) is 5.39 Å². The van der Waals surface area contributed by atoms with Crippen LogP contribution in [-0.2, 0) is 9.53 Å². The quantitative estimate of drug-likeness (QED) is 0.751. The summed E-state index contributed by atoms with van der Waals surface area (Å²) in [6.45, 7) is 2.10. The number of carbonyl (C=O) groups excluding carboxylic acids is 1. The van der Waals surface area contributed by atoms with Gasteiger partial charge in [-0.1, -0.05) is 38.0 Å². The first-order valence-electron chi connectivity index (χ1n) is 6.32. The van der Waals surface area contributed by atoms with Crippen LogP contribution in [0.2, 0.25) is 0 Å². The van der Waals surface area contributed by atoms with Gasteiger partial charge in [-0.25, -0.2) is 0 Å². The number of hydrogen-bond acceptors (Lipinski definition) is 3. The van der Waals surface area contributed by atoms with E-state index in [1.807, 2.05) is 30.3 Å². The topological polar surface area (TPSA) is 39.4 Å². The Balaban J connectivity index is 2.31. The molecule has 0 saturated heterocycles. The highest BCUT2D eigenvalue weighted by Crippen LogP contribution is 2.29. The Bertz CT molecular complexity index is 494. The highest BCUT2D eigenvalue weighted by molar-refractivity contribution is 5.82. The zero-order valence-corrected chi connectivity index (χ0v) is 10.8. The van der Waals surface area contributed by atoms with Gasteiger partial charge >= 0.3 is 5.97 Å². The van der Waals surface area contributed by atoms with Crippen molar-refractivity contribution in [2.75, 3.05) is 7.11 Å². The highest BCUT2D eigenvalue weighted by Gasteiger charge is 2.24. The van der Waals surface area contributed by atoms with Crippen LogP contribution in [0.5, 0.6) is 0 Å². The third-order valence-electron chi connectivity index (χ3n) is 3.12. The number of ether oxygens (including phenoxy) is 1. The molecule has 1 aromatic carbocycles. The summed E-state index contributed by atoms with van der Waals surface area (Å²) < 4.78 is 10.6. The maximum atomic E-state index is 11.8. The summed E-state index contributed by atoms with van der Waals surface area (Å²) in [5.41, 5.74) is 0.818. The molecule has 0 spiro atoms. The van der Waals surface area contributed by atoms with Gasteiger partial charge < -0.3 is 9.15 Å². The molecular weight excluding hydrogens is 228 g/mol. The molecule has 0 bridgehead atoms. The Morgan fingerprint density at radius 3 is 2.83 bits per heavy atom. The number of benzene rings is 1. The predicted molar refractivity (Wildman–Crippen MR) is 70.5 cm³/mol. The molecule has 0 aliphatic heterocycles. The van der Waals surface area contributed by atoms with Crippen LogP contribution in [0.3, 0.4) is 0 Å². The number of rotatable bonds is 5. The molecule has 3 heteroatoms. The van der Waals surface area contributed by atoms with Crippen LogP contribution in [0, 0.1) is 0 Å². The minimum Gasteiger partial charge on any atom is -0.468 e. The molecule has 1 unspecified atom stereocenters. The lowest BCUT2D eigenvalue weighted by Crippen LogP contribution is -2.13. The molecule has 1 atom stereocenters. The largest absolute Gasteiger partial charge is 0.468 e. The predicted octanol–water partition coefficient (Wildman–Crippen LogP) is 3.88. The van der Waals surface area contributed by atoms with Gasteiger partial charge in [-0.05, 0) is 18.6 Å². The fourth-order valence-corrected chi connectivity index (χ4v) is 2.10. The number of esters is 1.